The zero-order chi connectivity index (χ0) is 13.6. The predicted molar refractivity (Wildman–Crippen MR) is 72.6 cm³/mol. The van der Waals surface area contributed by atoms with E-state index in [0.717, 1.165) is 5.56 Å². The van der Waals surface area contributed by atoms with Gasteiger partial charge in [0.25, 0.3) is 0 Å². The van der Waals surface area contributed by atoms with Crippen LogP contribution in [-0.4, -0.2) is 11.1 Å². The fourth-order valence-electron chi connectivity index (χ4n) is 2.14. The minimum Gasteiger partial charge on any atom is -0.481 e. The van der Waals surface area contributed by atoms with Crippen LogP contribution in [0, 0.1) is 5.92 Å². The van der Waals surface area contributed by atoms with E-state index >= 15 is 0 Å². The summed E-state index contributed by atoms with van der Waals surface area (Å²) in [5.41, 5.74) is 0.827. The summed E-state index contributed by atoms with van der Waals surface area (Å²) in [7, 11) is 0. The number of halogens is 2. The van der Waals surface area contributed by atoms with Gasteiger partial charge in [0.15, 0.2) is 0 Å². The number of carboxylic acids is 1. The molecule has 19 heavy (non-hydrogen) atoms. The summed E-state index contributed by atoms with van der Waals surface area (Å²) in [4.78, 5) is 10.8. The molecule has 1 aromatic heterocycles. The van der Waals surface area contributed by atoms with Crippen LogP contribution < -0.4 is 0 Å². The molecule has 1 aromatic carbocycles. The van der Waals surface area contributed by atoms with Crippen LogP contribution in [0.15, 0.2) is 34.7 Å². The molecule has 0 unspecified atom stereocenters. The van der Waals surface area contributed by atoms with E-state index in [2.05, 4.69) is 0 Å². The molecule has 1 heterocycles. The first-order chi connectivity index (χ1) is 9.06. The average Bonchev–Trinajstić information content (AvgIpc) is 3.04. The molecule has 0 radical (unpaired) electrons. The molecule has 1 N–H and O–H groups in total. The SMILES string of the molecule is O=C(O)[C@@H]1C[C@@H]1c1ccc(-c2ccc(Cl)c(Cl)c2)o1. The molecule has 1 aliphatic carbocycles. The molecule has 0 bridgehead atoms. The number of hydrogen-bond acceptors (Lipinski definition) is 2. The molecule has 3 nitrogen and oxygen atoms in total. The third kappa shape index (κ3) is 2.36. The van der Waals surface area contributed by atoms with E-state index in [1.165, 1.54) is 0 Å². The standard InChI is InChI=1S/C14H10Cl2O3/c15-10-2-1-7(5-11(10)16)12-3-4-13(19-12)8-6-9(8)14(17)18/h1-5,8-9H,6H2,(H,17,18)/t8-,9+/m0/s1. The van der Waals surface area contributed by atoms with Crippen molar-refractivity contribution in [1.29, 1.82) is 0 Å². The van der Waals surface area contributed by atoms with Gasteiger partial charge in [-0.1, -0.05) is 23.2 Å². The zero-order valence-corrected chi connectivity index (χ0v) is 11.3. The fraction of sp³-hybridized carbons (Fsp3) is 0.214. The molecule has 1 aliphatic rings. The van der Waals surface area contributed by atoms with E-state index in [1.54, 1.807) is 12.1 Å². The number of furan rings is 1. The molecule has 0 spiro atoms. The molecule has 3 rings (SSSR count). The molecule has 2 aromatic rings. The van der Waals surface area contributed by atoms with Crippen molar-refractivity contribution in [2.24, 2.45) is 5.92 Å². The van der Waals surface area contributed by atoms with Gasteiger partial charge in [0.1, 0.15) is 11.5 Å². The highest BCUT2D eigenvalue weighted by molar-refractivity contribution is 6.42. The maximum atomic E-state index is 10.8. The van der Waals surface area contributed by atoms with Gasteiger partial charge >= 0.3 is 5.97 Å². The molecule has 1 fully saturated rings. The van der Waals surface area contributed by atoms with Gasteiger partial charge in [-0.15, -0.1) is 0 Å². The van der Waals surface area contributed by atoms with Crippen molar-refractivity contribution in [3.63, 3.8) is 0 Å². The molecule has 0 aliphatic heterocycles. The maximum Gasteiger partial charge on any atom is 0.307 e. The minimum atomic E-state index is -0.766. The summed E-state index contributed by atoms with van der Waals surface area (Å²) >= 11 is 11.8. The predicted octanol–water partition coefficient (Wildman–Crippen LogP) is 4.44. The first-order valence-corrected chi connectivity index (χ1v) is 6.60. The number of carbonyl (C=O) groups is 1. The first-order valence-electron chi connectivity index (χ1n) is 5.84. The van der Waals surface area contributed by atoms with Crippen LogP contribution in [0.2, 0.25) is 10.0 Å². The Hall–Kier alpha value is -1.45. The van der Waals surface area contributed by atoms with Gasteiger partial charge in [-0.25, -0.2) is 0 Å². The van der Waals surface area contributed by atoms with Gasteiger partial charge in [-0.2, -0.15) is 0 Å². The summed E-state index contributed by atoms with van der Waals surface area (Å²) in [5, 5.41) is 9.86. The summed E-state index contributed by atoms with van der Waals surface area (Å²) in [6.45, 7) is 0. The van der Waals surface area contributed by atoms with Gasteiger partial charge < -0.3 is 9.52 Å². The van der Waals surface area contributed by atoms with E-state index in [9.17, 15) is 4.79 Å². The van der Waals surface area contributed by atoms with Crippen LogP contribution in [0.5, 0.6) is 0 Å². The van der Waals surface area contributed by atoms with Crippen molar-refractivity contribution in [3.05, 3.63) is 46.1 Å². The second-order valence-electron chi connectivity index (χ2n) is 4.62. The van der Waals surface area contributed by atoms with Crippen molar-refractivity contribution in [1.82, 2.24) is 0 Å². The molecule has 0 amide bonds. The normalized spacial score (nSPS) is 21.4. The van der Waals surface area contributed by atoms with Gasteiger partial charge in [0, 0.05) is 11.5 Å². The van der Waals surface area contributed by atoms with Crippen molar-refractivity contribution in [2.45, 2.75) is 12.3 Å². The third-order valence-electron chi connectivity index (χ3n) is 3.30. The van der Waals surface area contributed by atoms with Crippen LogP contribution in [0.25, 0.3) is 11.3 Å². The molecular weight excluding hydrogens is 287 g/mol. The average molecular weight is 297 g/mol. The number of carboxylic acid groups (broad SMARTS) is 1. The monoisotopic (exact) mass is 296 g/mol. The highest BCUT2D eigenvalue weighted by Gasteiger charge is 2.46. The van der Waals surface area contributed by atoms with Crippen LogP contribution in [-0.2, 0) is 4.79 Å². The lowest BCUT2D eigenvalue weighted by atomic mass is 10.2. The van der Waals surface area contributed by atoms with Crippen molar-refractivity contribution < 1.29 is 14.3 Å². The zero-order valence-electron chi connectivity index (χ0n) is 9.77. The lowest BCUT2D eigenvalue weighted by Crippen LogP contribution is -1.98. The molecule has 2 atom stereocenters. The summed E-state index contributed by atoms with van der Waals surface area (Å²) < 4.78 is 5.70. The number of aliphatic carboxylic acids is 1. The fourth-order valence-corrected chi connectivity index (χ4v) is 2.44. The molecule has 0 saturated heterocycles. The van der Waals surface area contributed by atoms with Crippen LogP contribution in [0.4, 0.5) is 0 Å². The molecule has 5 heteroatoms. The smallest absolute Gasteiger partial charge is 0.307 e. The van der Waals surface area contributed by atoms with Gasteiger partial charge in [-0.3, -0.25) is 4.79 Å². The lowest BCUT2D eigenvalue weighted by molar-refractivity contribution is -0.138. The van der Waals surface area contributed by atoms with Gasteiger partial charge in [0.05, 0.1) is 16.0 Å². The van der Waals surface area contributed by atoms with E-state index < -0.39 is 5.97 Å². The Kier molecular flexibility index (Phi) is 3.03. The number of hydrogen-bond donors (Lipinski definition) is 1. The van der Waals surface area contributed by atoms with E-state index in [1.807, 2.05) is 18.2 Å². The van der Waals surface area contributed by atoms with E-state index in [-0.39, 0.29) is 11.8 Å². The number of rotatable bonds is 3. The van der Waals surface area contributed by atoms with Crippen LogP contribution in [0.3, 0.4) is 0 Å². The van der Waals surface area contributed by atoms with Crippen molar-refractivity contribution >= 4 is 29.2 Å². The van der Waals surface area contributed by atoms with Crippen LogP contribution in [0.1, 0.15) is 18.1 Å². The highest BCUT2D eigenvalue weighted by atomic mass is 35.5. The van der Waals surface area contributed by atoms with Gasteiger partial charge in [-0.05, 0) is 36.8 Å². The molecule has 98 valence electrons. The Bertz CT molecular complexity index is 648. The second-order valence-corrected chi connectivity index (χ2v) is 5.43. The Labute approximate surface area is 119 Å². The topological polar surface area (TPSA) is 50.4 Å². The summed E-state index contributed by atoms with van der Waals surface area (Å²) in [6.07, 6.45) is 0.643. The first kappa shape index (κ1) is 12.6. The Balaban J connectivity index is 1.85. The number of benzene rings is 1. The van der Waals surface area contributed by atoms with E-state index in [4.69, 9.17) is 32.7 Å². The summed E-state index contributed by atoms with van der Waals surface area (Å²) in [5.74, 6) is 0.303. The minimum absolute atomic E-state index is 0.00554. The Morgan fingerprint density at radius 3 is 2.63 bits per heavy atom. The molecule has 1 saturated carbocycles. The maximum absolute atomic E-state index is 10.8. The highest BCUT2D eigenvalue weighted by Crippen LogP contribution is 2.48. The quantitative estimate of drug-likeness (QED) is 0.911. The largest absolute Gasteiger partial charge is 0.481 e. The van der Waals surface area contributed by atoms with Crippen molar-refractivity contribution in [3.8, 4) is 11.3 Å². The van der Waals surface area contributed by atoms with Gasteiger partial charge in [0.2, 0.25) is 0 Å². The third-order valence-corrected chi connectivity index (χ3v) is 4.04. The lowest BCUT2D eigenvalue weighted by Gasteiger charge is -2.00. The molecular formula is C14H10Cl2O3. The second kappa shape index (κ2) is 4.58. The summed E-state index contributed by atoms with van der Waals surface area (Å²) in [6, 6.07) is 8.91. The van der Waals surface area contributed by atoms with Crippen molar-refractivity contribution in [2.75, 3.05) is 0 Å². The van der Waals surface area contributed by atoms with Crippen LogP contribution >= 0.6 is 23.2 Å². The Morgan fingerprint density at radius 2 is 2.00 bits per heavy atom. The van der Waals surface area contributed by atoms with E-state index in [0.29, 0.717) is 28.0 Å². The Morgan fingerprint density at radius 1 is 1.21 bits per heavy atom.